The van der Waals surface area contributed by atoms with Crippen LogP contribution < -0.4 is 10.6 Å². The van der Waals surface area contributed by atoms with Crippen LogP contribution in [0.1, 0.15) is 16.1 Å². The Hall–Kier alpha value is -2.99. The first-order valence-electron chi connectivity index (χ1n) is 7.52. The van der Waals surface area contributed by atoms with Crippen molar-refractivity contribution < 1.29 is 9.18 Å². The van der Waals surface area contributed by atoms with Crippen molar-refractivity contribution in [2.45, 2.75) is 6.54 Å². The fourth-order valence-electron chi connectivity index (χ4n) is 2.34. The largest absolute Gasteiger partial charge is 0.321 e. The van der Waals surface area contributed by atoms with Gasteiger partial charge < -0.3 is 10.6 Å². The van der Waals surface area contributed by atoms with Crippen molar-refractivity contribution in [1.82, 2.24) is 15.1 Å². The maximum absolute atomic E-state index is 13.0. The number of hydrogen-bond acceptors (Lipinski definition) is 3. The van der Waals surface area contributed by atoms with Gasteiger partial charge in [0.05, 0.1) is 5.69 Å². The second-order valence-corrected chi connectivity index (χ2v) is 5.31. The van der Waals surface area contributed by atoms with Crippen LogP contribution in [-0.2, 0) is 6.54 Å². The molecule has 0 atom stereocenters. The smallest absolute Gasteiger partial charge is 0.276 e. The van der Waals surface area contributed by atoms with Gasteiger partial charge in [0.25, 0.3) is 5.91 Å². The molecule has 3 rings (SSSR count). The van der Waals surface area contributed by atoms with Crippen molar-refractivity contribution in [2.75, 3.05) is 12.4 Å². The average molecular weight is 324 g/mol. The fraction of sp³-hybridized carbons (Fsp3) is 0.111. The summed E-state index contributed by atoms with van der Waals surface area (Å²) in [5, 5.41) is 10.1. The van der Waals surface area contributed by atoms with E-state index in [1.54, 1.807) is 24.4 Å². The summed E-state index contributed by atoms with van der Waals surface area (Å²) in [6.45, 7) is 0.725. The Morgan fingerprint density at radius 3 is 2.71 bits per heavy atom. The molecule has 0 saturated heterocycles. The molecule has 0 aliphatic heterocycles. The van der Waals surface area contributed by atoms with Crippen LogP contribution in [0.5, 0.6) is 0 Å². The van der Waals surface area contributed by atoms with Gasteiger partial charge in [0.2, 0.25) is 0 Å². The third-order valence-electron chi connectivity index (χ3n) is 3.48. The number of nitrogens with one attached hydrogen (secondary N) is 2. The highest BCUT2D eigenvalue weighted by molar-refractivity contribution is 6.02. The predicted molar refractivity (Wildman–Crippen MR) is 90.7 cm³/mol. The number of halogens is 1. The van der Waals surface area contributed by atoms with E-state index >= 15 is 0 Å². The van der Waals surface area contributed by atoms with Crippen LogP contribution in [0, 0.1) is 5.82 Å². The molecular formula is C18H17FN4O. The maximum Gasteiger partial charge on any atom is 0.276 e. The van der Waals surface area contributed by atoms with E-state index < -0.39 is 0 Å². The van der Waals surface area contributed by atoms with Gasteiger partial charge in [-0.2, -0.15) is 5.10 Å². The normalized spacial score (nSPS) is 10.6. The Morgan fingerprint density at radius 1 is 1.17 bits per heavy atom. The number of nitrogens with zero attached hydrogens (tertiary/aromatic N) is 2. The van der Waals surface area contributed by atoms with Crippen molar-refractivity contribution in [3.8, 4) is 5.69 Å². The van der Waals surface area contributed by atoms with E-state index in [1.807, 2.05) is 31.3 Å². The zero-order valence-electron chi connectivity index (χ0n) is 13.2. The van der Waals surface area contributed by atoms with E-state index in [0.29, 0.717) is 17.1 Å². The third-order valence-corrected chi connectivity index (χ3v) is 3.48. The number of rotatable bonds is 5. The van der Waals surface area contributed by atoms with Crippen molar-refractivity contribution in [2.24, 2.45) is 0 Å². The SMILES string of the molecule is CNCc1cccc(NC(=O)c2ccn(-c3ccc(F)cc3)n2)c1. The highest BCUT2D eigenvalue weighted by atomic mass is 19.1. The second kappa shape index (κ2) is 7.06. The first kappa shape index (κ1) is 15.9. The van der Waals surface area contributed by atoms with Crippen molar-refractivity contribution in [3.05, 3.63) is 77.9 Å². The lowest BCUT2D eigenvalue weighted by Crippen LogP contribution is -2.13. The quantitative estimate of drug-likeness (QED) is 0.758. The lowest BCUT2D eigenvalue weighted by molar-refractivity contribution is 0.102. The number of carbonyl (C=O) groups excluding carboxylic acids is 1. The topological polar surface area (TPSA) is 58.9 Å². The standard InChI is InChI=1S/C18H17FN4O/c1-20-12-13-3-2-4-15(11-13)21-18(24)17-9-10-23(22-17)16-7-5-14(19)6-8-16/h2-11,20H,12H2,1H3,(H,21,24). The molecule has 2 aromatic carbocycles. The lowest BCUT2D eigenvalue weighted by atomic mass is 10.2. The molecule has 5 nitrogen and oxygen atoms in total. The summed E-state index contributed by atoms with van der Waals surface area (Å²) in [6.07, 6.45) is 1.67. The number of aromatic nitrogens is 2. The van der Waals surface area contributed by atoms with E-state index in [1.165, 1.54) is 16.8 Å². The molecule has 24 heavy (non-hydrogen) atoms. The molecule has 1 amide bonds. The number of anilines is 1. The Balaban J connectivity index is 1.74. The van der Waals surface area contributed by atoms with Crippen molar-refractivity contribution in [3.63, 3.8) is 0 Å². The Morgan fingerprint density at radius 2 is 1.96 bits per heavy atom. The minimum atomic E-state index is -0.315. The van der Waals surface area contributed by atoms with Gasteiger partial charge in [-0.25, -0.2) is 9.07 Å². The van der Waals surface area contributed by atoms with Gasteiger partial charge in [-0.15, -0.1) is 0 Å². The zero-order valence-corrected chi connectivity index (χ0v) is 13.2. The van der Waals surface area contributed by atoms with E-state index in [0.717, 1.165) is 12.1 Å². The summed E-state index contributed by atoms with van der Waals surface area (Å²) < 4.78 is 14.5. The van der Waals surface area contributed by atoms with Crippen LogP contribution in [0.25, 0.3) is 5.69 Å². The number of amides is 1. The summed E-state index contributed by atoms with van der Waals surface area (Å²) >= 11 is 0. The van der Waals surface area contributed by atoms with Crippen LogP contribution in [0.4, 0.5) is 10.1 Å². The molecule has 0 spiro atoms. The minimum absolute atomic E-state index is 0.290. The molecular weight excluding hydrogens is 307 g/mol. The molecule has 1 heterocycles. The molecule has 0 saturated carbocycles. The highest BCUT2D eigenvalue weighted by Crippen LogP contribution is 2.13. The first-order valence-corrected chi connectivity index (χ1v) is 7.52. The van der Waals surface area contributed by atoms with Gasteiger partial charge in [-0.1, -0.05) is 12.1 Å². The molecule has 0 unspecified atom stereocenters. The molecule has 0 radical (unpaired) electrons. The summed E-state index contributed by atoms with van der Waals surface area (Å²) in [5.74, 6) is -0.609. The van der Waals surface area contributed by atoms with Crippen LogP contribution in [0.15, 0.2) is 60.8 Å². The molecule has 1 aromatic heterocycles. The Kier molecular flexibility index (Phi) is 4.67. The Labute approximate surface area is 139 Å². The molecule has 0 aliphatic carbocycles. The van der Waals surface area contributed by atoms with E-state index in [-0.39, 0.29) is 11.7 Å². The van der Waals surface area contributed by atoms with Crippen LogP contribution in [0.3, 0.4) is 0 Å². The molecule has 3 aromatic rings. The molecule has 0 fully saturated rings. The van der Waals surface area contributed by atoms with E-state index in [9.17, 15) is 9.18 Å². The van der Waals surface area contributed by atoms with Gasteiger partial charge in [-0.3, -0.25) is 4.79 Å². The summed E-state index contributed by atoms with van der Waals surface area (Å²) in [7, 11) is 1.87. The fourth-order valence-corrected chi connectivity index (χ4v) is 2.34. The van der Waals surface area contributed by atoms with E-state index in [2.05, 4.69) is 15.7 Å². The maximum atomic E-state index is 13.0. The third kappa shape index (κ3) is 3.67. The van der Waals surface area contributed by atoms with Gasteiger partial charge in [0.1, 0.15) is 5.82 Å². The molecule has 2 N–H and O–H groups in total. The molecule has 6 heteroatoms. The van der Waals surface area contributed by atoms with E-state index in [4.69, 9.17) is 0 Å². The monoisotopic (exact) mass is 324 g/mol. The van der Waals surface area contributed by atoms with Crippen LogP contribution in [-0.4, -0.2) is 22.7 Å². The van der Waals surface area contributed by atoms with Gasteiger partial charge in [0, 0.05) is 18.4 Å². The van der Waals surface area contributed by atoms with Crippen molar-refractivity contribution >= 4 is 11.6 Å². The summed E-state index contributed by atoms with van der Waals surface area (Å²) in [4.78, 5) is 12.3. The second-order valence-electron chi connectivity index (χ2n) is 5.31. The molecule has 0 aliphatic rings. The number of carbonyl (C=O) groups is 1. The first-order chi connectivity index (χ1) is 11.7. The molecule has 0 bridgehead atoms. The van der Waals surface area contributed by atoms with Crippen LogP contribution >= 0.6 is 0 Å². The zero-order chi connectivity index (χ0) is 16.9. The predicted octanol–water partition coefficient (Wildman–Crippen LogP) is 2.98. The summed E-state index contributed by atoms with van der Waals surface area (Å²) in [6, 6.07) is 15.1. The van der Waals surface area contributed by atoms with Crippen LogP contribution in [0.2, 0.25) is 0 Å². The number of hydrogen-bond donors (Lipinski definition) is 2. The van der Waals surface area contributed by atoms with Gasteiger partial charge in [0.15, 0.2) is 5.69 Å². The number of benzene rings is 2. The Bertz CT molecular complexity index is 842. The van der Waals surface area contributed by atoms with Gasteiger partial charge >= 0.3 is 0 Å². The van der Waals surface area contributed by atoms with Crippen molar-refractivity contribution in [1.29, 1.82) is 0 Å². The van der Waals surface area contributed by atoms with Gasteiger partial charge in [-0.05, 0) is 55.1 Å². The lowest BCUT2D eigenvalue weighted by Gasteiger charge is -2.06. The highest BCUT2D eigenvalue weighted by Gasteiger charge is 2.11. The average Bonchev–Trinajstić information content (AvgIpc) is 3.06. The molecule has 122 valence electrons. The minimum Gasteiger partial charge on any atom is -0.321 e. The summed E-state index contributed by atoms with van der Waals surface area (Å²) in [5.41, 5.74) is 2.76.